The van der Waals surface area contributed by atoms with Gasteiger partial charge in [0.1, 0.15) is 11.6 Å². The van der Waals surface area contributed by atoms with E-state index in [9.17, 15) is 4.79 Å². The van der Waals surface area contributed by atoms with Crippen molar-refractivity contribution in [1.82, 2.24) is 9.66 Å². The number of benzene rings is 2. The summed E-state index contributed by atoms with van der Waals surface area (Å²) in [6.07, 6.45) is 1.63. The summed E-state index contributed by atoms with van der Waals surface area (Å²) in [5.41, 5.74) is 1.24. The molecular formula is C20H19Br2N3O2. The van der Waals surface area contributed by atoms with Gasteiger partial charge in [-0.15, -0.1) is 0 Å². The highest BCUT2D eigenvalue weighted by molar-refractivity contribution is 9.10. The molecule has 0 aliphatic rings. The van der Waals surface area contributed by atoms with Crippen molar-refractivity contribution < 1.29 is 4.74 Å². The van der Waals surface area contributed by atoms with Crippen LogP contribution in [0.4, 0.5) is 0 Å². The highest BCUT2D eigenvalue weighted by Crippen LogP contribution is 2.22. The van der Waals surface area contributed by atoms with Crippen molar-refractivity contribution in [3.8, 4) is 5.75 Å². The first-order chi connectivity index (χ1) is 12.9. The summed E-state index contributed by atoms with van der Waals surface area (Å²) in [6.45, 7) is 6.45. The summed E-state index contributed by atoms with van der Waals surface area (Å²) < 4.78 is 8.76. The van der Waals surface area contributed by atoms with Crippen LogP contribution >= 0.6 is 31.9 Å². The van der Waals surface area contributed by atoms with Crippen LogP contribution in [0.25, 0.3) is 10.9 Å². The van der Waals surface area contributed by atoms with Crippen LogP contribution in [-0.2, 0) is 0 Å². The summed E-state index contributed by atoms with van der Waals surface area (Å²) in [5, 5.41) is 4.98. The molecule has 0 atom stereocenters. The molecule has 0 saturated carbocycles. The van der Waals surface area contributed by atoms with E-state index < -0.39 is 0 Å². The highest BCUT2D eigenvalue weighted by atomic mass is 79.9. The third-order valence-corrected chi connectivity index (χ3v) is 4.92. The van der Waals surface area contributed by atoms with Crippen molar-refractivity contribution in [1.29, 1.82) is 0 Å². The fraction of sp³-hybridized carbons (Fsp3) is 0.250. The van der Waals surface area contributed by atoms with Crippen LogP contribution in [-0.4, -0.2) is 22.5 Å². The molecule has 0 amide bonds. The van der Waals surface area contributed by atoms with Gasteiger partial charge in [-0.25, -0.2) is 4.98 Å². The van der Waals surface area contributed by atoms with E-state index >= 15 is 0 Å². The Bertz CT molecular complexity index is 1070. The maximum atomic E-state index is 13.1. The van der Waals surface area contributed by atoms with Crippen LogP contribution in [0.3, 0.4) is 0 Å². The second kappa shape index (κ2) is 8.35. The molecule has 1 heterocycles. The van der Waals surface area contributed by atoms with Gasteiger partial charge in [0.2, 0.25) is 0 Å². The lowest BCUT2D eigenvalue weighted by molar-refractivity contribution is 0.339. The van der Waals surface area contributed by atoms with E-state index in [4.69, 9.17) is 4.74 Å². The molecule has 1 aromatic heterocycles. The Labute approximate surface area is 174 Å². The van der Waals surface area contributed by atoms with Crippen LogP contribution in [0.1, 0.15) is 38.1 Å². The summed E-state index contributed by atoms with van der Waals surface area (Å²) in [4.78, 5) is 17.7. The van der Waals surface area contributed by atoms with E-state index in [1.165, 1.54) is 4.68 Å². The predicted molar refractivity (Wildman–Crippen MR) is 116 cm³/mol. The highest BCUT2D eigenvalue weighted by Gasteiger charge is 2.14. The molecule has 27 heavy (non-hydrogen) atoms. The summed E-state index contributed by atoms with van der Waals surface area (Å²) >= 11 is 6.88. The van der Waals surface area contributed by atoms with E-state index in [1.807, 2.05) is 51.1 Å². The smallest absolute Gasteiger partial charge is 0.282 e. The van der Waals surface area contributed by atoms with Crippen LogP contribution < -0.4 is 10.3 Å². The topological polar surface area (TPSA) is 56.5 Å². The Kier molecular flexibility index (Phi) is 6.11. The Morgan fingerprint density at radius 2 is 1.89 bits per heavy atom. The molecule has 3 aromatic rings. The van der Waals surface area contributed by atoms with E-state index in [-0.39, 0.29) is 11.5 Å². The molecule has 3 rings (SSSR count). The lowest BCUT2D eigenvalue weighted by atomic mass is 10.2. The van der Waals surface area contributed by atoms with E-state index in [0.717, 1.165) is 14.5 Å². The number of halogens is 2. The minimum atomic E-state index is -0.200. The van der Waals surface area contributed by atoms with Gasteiger partial charge in [-0.2, -0.15) is 9.78 Å². The van der Waals surface area contributed by atoms with Crippen LogP contribution in [0.2, 0.25) is 0 Å². The number of ether oxygens (including phenoxy) is 1. The van der Waals surface area contributed by atoms with Crippen molar-refractivity contribution in [2.24, 2.45) is 5.10 Å². The summed E-state index contributed by atoms with van der Waals surface area (Å²) in [5.74, 6) is 1.36. The molecule has 0 bridgehead atoms. The minimum Gasteiger partial charge on any atom is -0.493 e. The Hall–Kier alpha value is -1.99. The van der Waals surface area contributed by atoms with Gasteiger partial charge < -0.3 is 4.74 Å². The molecule has 0 N–H and O–H groups in total. The quantitative estimate of drug-likeness (QED) is 0.452. The van der Waals surface area contributed by atoms with Crippen molar-refractivity contribution in [2.45, 2.75) is 26.7 Å². The first kappa shape index (κ1) is 19.8. The summed E-state index contributed by atoms with van der Waals surface area (Å²) in [6, 6.07) is 11.2. The normalized spacial score (nSPS) is 11.6. The fourth-order valence-electron chi connectivity index (χ4n) is 2.68. The molecule has 5 nitrogen and oxygen atoms in total. The van der Waals surface area contributed by atoms with Gasteiger partial charge in [-0.3, -0.25) is 4.79 Å². The molecule has 0 unspecified atom stereocenters. The SMILES string of the molecule is CCOc1ccc(Br)cc1C=Nn1c(C(C)C)nc2ccc(Br)cc2c1=O. The molecule has 0 radical (unpaired) electrons. The zero-order valence-electron chi connectivity index (χ0n) is 15.2. The fourth-order valence-corrected chi connectivity index (χ4v) is 3.42. The average Bonchev–Trinajstić information content (AvgIpc) is 2.63. The number of hydrogen-bond donors (Lipinski definition) is 0. The molecule has 2 aromatic carbocycles. The predicted octanol–water partition coefficient (Wildman–Crippen LogP) is 5.33. The first-order valence-electron chi connectivity index (χ1n) is 8.59. The van der Waals surface area contributed by atoms with Gasteiger partial charge >= 0.3 is 0 Å². The standard InChI is InChI=1S/C20H19Br2N3O2/c1-4-27-18-8-6-14(21)9-13(18)11-23-25-19(12(2)3)24-17-7-5-15(22)10-16(17)20(25)26/h5-12H,4H2,1-3H3. The van der Waals surface area contributed by atoms with Crippen LogP contribution in [0.5, 0.6) is 5.75 Å². The average molecular weight is 493 g/mol. The molecule has 0 saturated heterocycles. The molecule has 0 spiro atoms. The van der Waals surface area contributed by atoms with Crippen molar-refractivity contribution in [3.05, 3.63) is 67.1 Å². The largest absolute Gasteiger partial charge is 0.493 e. The van der Waals surface area contributed by atoms with E-state index in [0.29, 0.717) is 29.1 Å². The lowest BCUT2D eigenvalue weighted by Gasteiger charge is -2.12. The van der Waals surface area contributed by atoms with Crippen LogP contribution in [0.15, 0.2) is 55.2 Å². The number of aromatic nitrogens is 2. The minimum absolute atomic E-state index is 0.0387. The molecular weight excluding hydrogens is 474 g/mol. The zero-order valence-corrected chi connectivity index (χ0v) is 18.4. The Morgan fingerprint density at radius 3 is 2.59 bits per heavy atom. The van der Waals surface area contributed by atoms with Gasteiger partial charge in [-0.05, 0) is 43.3 Å². The first-order valence-corrected chi connectivity index (χ1v) is 10.2. The summed E-state index contributed by atoms with van der Waals surface area (Å²) in [7, 11) is 0. The van der Waals surface area contributed by atoms with Crippen molar-refractivity contribution >= 4 is 49.0 Å². The third-order valence-electron chi connectivity index (χ3n) is 3.93. The monoisotopic (exact) mass is 491 g/mol. The van der Waals surface area contributed by atoms with Gasteiger partial charge in [0.15, 0.2) is 0 Å². The van der Waals surface area contributed by atoms with Gasteiger partial charge in [-0.1, -0.05) is 45.7 Å². The van der Waals surface area contributed by atoms with Crippen molar-refractivity contribution in [2.75, 3.05) is 6.61 Å². The van der Waals surface area contributed by atoms with Gasteiger partial charge in [0.05, 0.1) is 23.7 Å². The third kappa shape index (κ3) is 4.30. The molecule has 0 fully saturated rings. The molecule has 0 aliphatic heterocycles. The zero-order chi connectivity index (χ0) is 19.6. The molecule has 140 valence electrons. The van der Waals surface area contributed by atoms with Gasteiger partial charge in [0.25, 0.3) is 5.56 Å². The van der Waals surface area contributed by atoms with Gasteiger partial charge in [0, 0.05) is 20.4 Å². The van der Waals surface area contributed by atoms with Crippen LogP contribution in [0, 0.1) is 0 Å². The molecule has 7 heteroatoms. The maximum absolute atomic E-state index is 13.1. The van der Waals surface area contributed by atoms with E-state index in [2.05, 4.69) is 41.9 Å². The number of fused-ring (bicyclic) bond motifs is 1. The maximum Gasteiger partial charge on any atom is 0.282 e. The lowest BCUT2D eigenvalue weighted by Crippen LogP contribution is -2.23. The second-order valence-electron chi connectivity index (χ2n) is 6.26. The Balaban J connectivity index is 2.18. The Morgan fingerprint density at radius 1 is 1.19 bits per heavy atom. The number of rotatable bonds is 5. The van der Waals surface area contributed by atoms with Crippen molar-refractivity contribution in [3.63, 3.8) is 0 Å². The van der Waals surface area contributed by atoms with E-state index in [1.54, 1.807) is 12.3 Å². The number of nitrogens with zero attached hydrogens (tertiary/aromatic N) is 3. The second-order valence-corrected chi connectivity index (χ2v) is 8.09. The number of hydrogen-bond acceptors (Lipinski definition) is 4. The molecule has 0 aliphatic carbocycles.